The van der Waals surface area contributed by atoms with E-state index >= 15 is 0 Å². The second-order valence-electron chi connectivity index (χ2n) is 9.21. The summed E-state index contributed by atoms with van der Waals surface area (Å²) in [6.45, 7) is 0.966. The van der Waals surface area contributed by atoms with E-state index in [4.69, 9.17) is 28.6 Å². The quantitative estimate of drug-likeness (QED) is 0.229. The molecule has 38 heavy (non-hydrogen) atoms. The molecule has 1 amide bonds. The van der Waals surface area contributed by atoms with Crippen molar-refractivity contribution in [1.82, 2.24) is 14.0 Å². The molecule has 1 aromatic heterocycles. The summed E-state index contributed by atoms with van der Waals surface area (Å²) in [5, 5.41) is 11.9. The molecule has 8 heteroatoms. The summed E-state index contributed by atoms with van der Waals surface area (Å²) in [4.78, 5) is 27.9. The van der Waals surface area contributed by atoms with Crippen LogP contribution in [-0.4, -0.2) is 39.3 Å². The number of aryl methyl sites for hydroxylation is 1. The molecule has 0 bridgehead atoms. The standard InChI is InChI=1S/C30H26Cl2N4O2/c1-34(29(38)24-10-4-8-20-7-2-3-9-23(20)24)17-6-18-35-28-25(32)11-5-12-26(28)36(30(35)33)19-27(37)21-13-15-22(31)16-14-21/h2-5,7-16,33H,6,17-19H2,1H3. The van der Waals surface area contributed by atoms with Crippen LogP contribution in [0.3, 0.4) is 0 Å². The van der Waals surface area contributed by atoms with Crippen molar-refractivity contribution in [2.24, 2.45) is 0 Å². The molecule has 5 rings (SSSR count). The molecule has 0 spiro atoms. The lowest BCUT2D eigenvalue weighted by atomic mass is 10.0. The molecule has 0 atom stereocenters. The highest BCUT2D eigenvalue weighted by atomic mass is 35.5. The third-order valence-corrected chi connectivity index (χ3v) is 7.30. The van der Waals surface area contributed by atoms with Gasteiger partial charge in [0.15, 0.2) is 5.78 Å². The number of carbonyl (C=O) groups is 2. The first-order valence-electron chi connectivity index (χ1n) is 12.3. The number of para-hydroxylation sites is 1. The highest BCUT2D eigenvalue weighted by molar-refractivity contribution is 6.35. The highest BCUT2D eigenvalue weighted by Gasteiger charge is 2.18. The summed E-state index contributed by atoms with van der Waals surface area (Å²) < 4.78 is 3.48. The summed E-state index contributed by atoms with van der Waals surface area (Å²) in [6, 6.07) is 25.8. The maximum absolute atomic E-state index is 13.2. The molecule has 1 N–H and O–H groups in total. The Hall–Kier alpha value is -3.87. The van der Waals surface area contributed by atoms with Gasteiger partial charge in [-0.2, -0.15) is 0 Å². The number of aromatic nitrogens is 2. The summed E-state index contributed by atoms with van der Waals surface area (Å²) in [7, 11) is 1.79. The maximum atomic E-state index is 13.2. The molecule has 4 aromatic carbocycles. The highest BCUT2D eigenvalue weighted by Crippen LogP contribution is 2.24. The number of fused-ring (bicyclic) bond motifs is 2. The predicted molar refractivity (Wildman–Crippen MR) is 152 cm³/mol. The van der Waals surface area contributed by atoms with Crippen LogP contribution in [0.4, 0.5) is 0 Å². The minimum atomic E-state index is -0.125. The first-order valence-corrected chi connectivity index (χ1v) is 13.0. The van der Waals surface area contributed by atoms with Gasteiger partial charge in [-0.1, -0.05) is 65.7 Å². The third-order valence-electron chi connectivity index (χ3n) is 6.75. The van der Waals surface area contributed by atoms with Gasteiger partial charge in [0, 0.05) is 36.3 Å². The molecular formula is C30H26Cl2N4O2. The second kappa shape index (κ2) is 10.9. The van der Waals surface area contributed by atoms with Gasteiger partial charge in [0.05, 0.1) is 22.6 Å². The van der Waals surface area contributed by atoms with Gasteiger partial charge in [0.1, 0.15) is 0 Å². The molecule has 0 aliphatic heterocycles. The topological polar surface area (TPSA) is 71.1 Å². The van der Waals surface area contributed by atoms with E-state index in [0.717, 1.165) is 10.8 Å². The molecule has 0 aliphatic rings. The predicted octanol–water partition coefficient (Wildman–Crippen LogP) is 6.43. The smallest absolute Gasteiger partial charge is 0.254 e. The van der Waals surface area contributed by atoms with E-state index in [1.54, 1.807) is 46.8 Å². The summed E-state index contributed by atoms with van der Waals surface area (Å²) >= 11 is 12.5. The van der Waals surface area contributed by atoms with Gasteiger partial charge in [0.25, 0.3) is 5.91 Å². The Morgan fingerprint density at radius 3 is 2.37 bits per heavy atom. The number of nitrogens with one attached hydrogen (secondary N) is 1. The van der Waals surface area contributed by atoms with Crippen molar-refractivity contribution in [1.29, 1.82) is 5.41 Å². The molecule has 0 radical (unpaired) electrons. The Morgan fingerprint density at radius 1 is 0.868 bits per heavy atom. The van der Waals surface area contributed by atoms with Crippen LogP contribution in [0, 0.1) is 5.41 Å². The number of benzene rings is 4. The van der Waals surface area contributed by atoms with Crippen LogP contribution in [0.1, 0.15) is 27.1 Å². The lowest BCUT2D eigenvalue weighted by Crippen LogP contribution is -2.31. The molecule has 0 fully saturated rings. The largest absolute Gasteiger partial charge is 0.342 e. The minimum absolute atomic E-state index is 0.00375. The van der Waals surface area contributed by atoms with Gasteiger partial charge < -0.3 is 14.0 Å². The van der Waals surface area contributed by atoms with E-state index < -0.39 is 0 Å². The van der Waals surface area contributed by atoms with Crippen molar-refractivity contribution in [2.75, 3.05) is 13.6 Å². The average Bonchev–Trinajstić information content (AvgIpc) is 3.19. The Bertz CT molecular complexity index is 1720. The van der Waals surface area contributed by atoms with Crippen molar-refractivity contribution in [3.63, 3.8) is 0 Å². The van der Waals surface area contributed by atoms with Gasteiger partial charge in [0.2, 0.25) is 5.62 Å². The fraction of sp³-hybridized carbons (Fsp3) is 0.167. The van der Waals surface area contributed by atoms with Crippen LogP contribution in [0.25, 0.3) is 21.8 Å². The number of rotatable bonds is 8. The van der Waals surface area contributed by atoms with Gasteiger partial charge in [-0.05, 0) is 59.7 Å². The van der Waals surface area contributed by atoms with Crippen molar-refractivity contribution < 1.29 is 9.59 Å². The van der Waals surface area contributed by atoms with Crippen LogP contribution in [-0.2, 0) is 13.1 Å². The molecule has 0 unspecified atom stereocenters. The zero-order chi connectivity index (χ0) is 26.8. The molecule has 0 saturated carbocycles. The van der Waals surface area contributed by atoms with Crippen molar-refractivity contribution in [3.8, 4) is 0 Å². The van der Waals surface area contributed by atoms with Crippen LogP contribution in [0.2, 0.25) is 10.0 Å². The Balaban J connectivity index is 1.36. The Morgan fingerprint density at radius 2 is 1.58 bits per heavy atom. The van der Waals surface area contributed by atoms with E-state index in [9.17, 15) is 9.59 Å². The molecule has 6 nitrogen and oxygen atoms in total. The number of halogens is 2. The van der Waals surface area contributed by atoms with E-state index in [-0.39, 0.29) is 23.9 Å². The van der Waals surface area contributed by atoms with Crippen LogP contribution >= 0.6 is 23.2 Å². The van der Waals surface area contributed by atoms with Gasteiger partial charge in [-0.15, -0.1) is 0 Å². The fourth-order valence-electron chi connectivity index (χ4n) is 4.79. The SMILES string of the molecule is CN(CCCn1c(=N)n(CC(=O)c2ccc(Cl)cc2)c2cccc(Cl)c21)C(=O)c1cccc2ccccc12. The monoisotopic (exact) mass is 544 g/mol. The minimum Gasteiger partial charge on any atom is -0.342 e. The Labute approximate surface area is 230 Å². The number of nitrogens with zero attached hydrogens (tertiary/aromatic N) is 3. The van der Waals surface area contributed by atoms with Crippen LogP contribution < -0.4 is 5.62 Å². The number of hydrogen-bond donors (Lipinski definition) is 1. The third kappa shape index (κ3) is 4.97. The summed E-state index contributed by atoms with van der Waals surface area (Å²) in [6.07, 6.45) is 0.610. The second-order valence-corrected chi connectivity index (χ2v) is 10.0. The van der Waals surface area contributed by atoms with E-state index in [1.807, 2.05) is 59.2 Å². The van der Waals surface area contributed by atoms with Crippen LogP contribution in [0.5, 0.6) is 0 Å². The van der Waals surface area contributed by atoms with Crippen molar-refractivity contribution in [3.05, 3.63) is 112 Å². The number of amides is 1. The van der Waals surface area contributed by atoms with E-state index in [1.165, 1.54) is 0 Å². The number of Topliss-reactive ketones (excluding diaryl/α,β-unsaturated/α-hetero) is 1. The first-order chi connectivity index (χ1) is 18.3. The number of ketones is 1. The molecule has 192 valence electrons. The van der Waals surface area contributed by atoms with E-state index in [2.05, 4.69) is 0 Å². The lowest BCUT2D eigenvalue weighted by Gasteiger charge is -2.18. The normalized spacial score (nSPS) is 11.2. The van der Waals surface area contributed by atoms with E-state index in [0.29, 0.717) is 51.7 Å². The average molecular weight is 545 g/mol. The number of carbonyl (C=O) groups excluding carboxylic acids is 2. The van der Waals surface area contributed by atoms with Crippen LogP contribution in [0.15, 0.2) is 84.9 Å². The van der Waals surface area contributed by atoms with Gasteiger partial charge in [-0.3, -0.25) is 15.0 Å². The Kier molecular flexibility index (Phi) is 7.36. The van der Waals surface area contributed by atoms with Gasteiger partial charge in [-0.25, -0.2) is 0 Å². The molecule has 0 saturated heterocycles. The summed E-state index contributed by atoms with van der Waals surface area (Å²) in [5.74, 6) is -0.175. The van der Waals surface area contributed by atoms with Crippen molar-refractivity contribution >= 4 is 56.7 Å². The molecule has 5 aromatic rings. The number of imidazole rings is 1. The molecule has 0 aliphatic carbocycles. The fourth-order valence-corrected chi connectivity index (χ4v) is 5.19. The van der Waals surface area contributed by atoms with Gasteiger partial charge >= 0.3 is 0 Å². The summed E-state index contributed by atoms with van der Waals surface area (Å²) in [5.41, 5.74) is 2.78. The lowest BCUT2D eigenvalue weighted by molar-refractivity contribution is 0.0793. The van der Waals surface area contributed by atoms with Crippen molar-refractivity contribution in [2.45, 2.75) is 19.5 Å². The molecular weight excluding hydrogens is 519 g/mol. The zero-order valence-electron chi connectivity index (χ0n) is 20.8. The maximum Gasteiger partial charge on any atom is 0.254 e. The first kappa shape index (κ1) is 25.8. The number of hydrogen-bond acceptors (Lipinski definition) is 3. The molecule has 1 heterocycles. The zero-order valence-corrected chi connectivity index (χ0v) is 22.3.